The van der Waals surface area contributed by atoms with E-state index in [0.717, 1.165) is 19.5 Å². The lowest BCUT2D eigenvalue weighted by Crippen LogP contribution is -2.24. The molecule has 0 radical (unpaired) electrons. The van der Waals surface area contributed by atoms with Crippen molar-refractivity contribution in [3.8, 4) is 0 Å². The molecule has 0 bridgehead atoms. The van der Waals surface area contributed by atoms with Gasteiger partial charge in [-0.3, -0.25) is 0 Å². The fraction of sp³-hybridized carbons (Fsp3) is 0.600. The van der Waals surface area contributed by atoms with Crippen LogP contribution in [-0.2, 0) is 0 Å². The Labute approximate surface area is 109 Å². The molecular weight excluding hydrogens is 224 g/mol. The molecule has 3 nitrogen and oxygen atoms in total. The van der Waals surface area contributed by atoms with Gasteiger partial charge in [0, 0.05) is 30.7 Å². The van der Waals surface area contributed by atoms with Gasteiger partial charge in [0.2, 0.25) is 0 Å². The van der Waals surface area contributed by atoms with E-state index in [-0.39, 0.29) is 12.1 Å². The van der Waals surface area contributed by atoms with Crippen LogP contribution in [0.15, 0.2) is 24.3 Å². The molecule has 1 aliphatic carbocycles. The van der Waals surface area contributed by atoms with Gasteiger partial charge in [-0.05, 0) is 43.4 Å². The first-order valence-electron chi connectivity index (χ1n) is 6.93. The number of benzene rings is 1. The summed E-state index contributed by atoms with van der Waals surface area (Å²) in [4.78, 5) is 2.41. The summed E-state index contributed by atoms with van der Waals surface area (Å²) < 4.78 is 0. The molecule has 1 aromatic rings. The van der Waals surface area contributed by atoms with E-state index in [1.54, 1.807) is 0 Å². The second kappa shape index (κ2) is 4.56. The van der Waals surface area contributed by atoms with E-state index >= 15 is 0 Å². The molecule has 2 aliphatic rings. The molecule has 3 rings (SSSR count). The summed E-state index contributed by atoms with van der Waals surface area (Å²) in [7, 11) is 0. The largest absolute Gasteiger partial charge is 0.393 e. The van der Waals surface area contributed by atoms with Gasteiger partial charge in [0.05, 0.1) is 6.10 Å². The van der Waals surface area contributed by atoms with Crippen molar-refractivity contribution in [2.75, 3.05) is 18.0 Å². The van der Waals surface area contributed by atoms with E-state index in [2.05, 4.69) is 29.2 Å². The molecule has 0 aromatic heterocycles. The molecule has 2 fully saturated rings. The molecule has 1 heterocycles. The quantitative estimate of drug-likeness (QED) is 0.838. The van der Waals surface area contributed by atoms with E-state index in [0.29, 0.717) is 11.8 Å². The average molecular weight is 246 g/mol. The van der Waals surface area contributed by atoms with Gasteiger partial charge in [-0.2, -0.15) is 0 Å². The van der Waals surface area contributed by atoms with Crippen molar-refractivity contribution < 1.29 is 5.11 Å². The number of aliphatic hydroxyl groups excluding tert-OH is 1. The summed E-state index contributed by atoms with van der Waals surface area (Å²) >= 11 is 0. The molecular formula is C15H22N2O. The van der Waals surface area contributed by atoms with Crippen molar-refractivity contribution in [2.24, 2.45) is 17.6 Å². The molecule has 18 heavy (non-hydrogen) atoms. The number of nitrogens with two attached hydrogens (primary N) is 1. The molecule has 0 amide bonds. The zero-order valence-electron chi connectivity index (χ0n) is 10.9. The summed E-state index contributed by atoms with van der Waals surface area (Å²) in [6.07, 6.45) is 2.09. The first-order valence-corrected chi connectivity index (χ1v) is 6.93. The molecule has 3 N–H and O–H groups in total. The number of fused-ring (bicyclic) bond motifs is 1. The lowest BCUT2D eigenvalue weighted by atomic mass is 10.00. The van der Waals surface area contributed by atoms with Gasteiger partial charge in [-0.15, -0.1) is 0 Å². The Kier molecular flexibility index (Phi) is 3.04. The molecule has 4 atom stereocenters. The number of nitrogens with zero attached hydrogens (tertiary/aromatic N) is 1. The number of anilines is 1. The molecule has 4 unspecified atom stereocenters. The number of hydrogen-bond donors (Lipinski definition) is 2. The molecule has 1 aromatic carbocycles. The highest BCUT2D eigenvalue weighted by atomic mass is 16.3. The van der Waals surface area contributed by atoms with Gasteiger partial charge in [-0.25, -0.2) is 0 Å². The van der Waals surface area contributed by atoms with E-state index in [9.17, 15) is 5.11 Å². The third-order valence-electron chi connectivity index (χ3n) is 4.60. The van der Waals surface area contributed by atoms with E-state index in [4.69, 9.17) is 5.73 Å². The van der Waals surface area contributed by atoms with Gasteiger partial charge >= 0.3 is 0 Å². The molecule has 0 spiro atoms. The summed E-state index contributed by atoms with van der Waals surface area (Å²) in [5.41, 5.74) is 8.31. The van der Waals surface area contributed by atoms with Crippen molar-refractivity contribution in [2.45, 2.75) is 31.9 Å². The minimum atomic E-state index is -0.0802. The van der Waals surface area contributed by atoms with Crippen LogP contribution in [0, 0.1) is 11.8 Å². The lowest BCUT2D eigenvalue weighted by molar-refractivity contribution is 0.133. The molecule has 1 saturated carbocycles. The molecule has 1 aliphatic heterocycles. The van der Waals surface area contributed by atoms with Crippen LogP contribution in [0.3, 0.4) is 0 Å². The van der Waals surface area contributed by atoms with Crippen molar-refractivity contribution >= 4 is 5.69 Å². The Morgan fingerprint density at radius 1 is 1.22 bits per heavy atom. The minimum absolute atomic E-state index is 0.0802. The Bertz CT molecular complexity index is 415. The van der Waals surface area contributed by atoms with Gasteiger partial charge in [-0.1, -0.05) is 12.1 Å². The van der Waals surface area contributed by atoms with Crippen molar-refractivity contribution in [3.05, 3.63) is 29.8 Å². The molecule has 3 heteroatoms. The third-order valence-corrected chi connectivity index (χ3v) is 4.60. The maximum atomic E-state index is 9.94. The van der Waals surface area contributed by atoms with Crippen molar-refractivity contribution in [3.63, 3.8) is 0 Å². The SMILES string of the molecule is CC(N)c1ccc(N2CC3CCC(O)C3C2)cc1. The highest BCUT2D eigenvalue weighted by molar-refractivity contribution is 5.49. The summed E-state index contributed by atoms with van der Waals surface area (Å²) in [6, 6.07) is 8.65. The predicted octanol–water partition coefficient (Wildman–Crippen LogP) is 1.91. The second-order valence-corrected chi connectivity index (χ2v) is 5.85. The van der Waals surface area contributed by atoms with Crippen LogP contribution in [0.5, 0.6) is 0 Å². The minimum Gasteiger partial charge on any atom is -0.393 e. The van der Waals surface area contributed by atoms with Crippen LogP contribution in [0.2, 0.25) is 0 Å². The fourth-order valence-corrected chi connectivity index (χ4v) is 3.44. The highest BCUT2D eigenvalue weighted by Gasteiger charge is 2.41. The van der Waals surface area contributed by atoms with E-state index in [1.807, 2.05) is 6.92 Å². The maximum absolute atomic E-state index is 9.94. The third kappa shape index (κ3) is 2.02. The van der Waals surface area contributed by atoms with Crippen LogP contribution in [0.4, 0.5) is 5.69 Å². The van der Waals surface area contributed by atoms with E-state index < -0.39 is 0 Å². The van der Waals surface area contributed by atoms with Crippen molar-refractivity contribution in [1.29, 1.82) is 0 Å². The van der Waals surface area contributed by atoms with Crippen LogP contribution in [-0.4, -0.2) is 24.3 Å². The Balaban J connectivity index is 1.73. The summed E-state index contributed by atoms with van der Waals surface area (Å²) in [5, 5.41) is 9.94. The Morgan fingerprint density at radius 3 is 2.56 bits per heavy atom. The number of aliphatic hydroxyl groups is 1. The van der Waals surface area contributed by atoms with Gasteiger partial charge in [0.1, 0.15) is 0 Å². The predicted molar refractivity (Wildman–Crippen MR) is 73.5 cm³/mol. The monoisotopic (exact) mass is 246 g/mol. The Morgan fingerprint density at radius 2 is 1.94 bits per heavy atom. The van der Waals surface area contributed by atoms with Crippen LogP contribution < -0.4 is 10.6 Å². The highest BCUT2D eigenvalue weighted by Crippen LogP contribution is 2.39. The smallest absolute Gasteiger partial charge is 0.0588 e. The summed E-state index contributed by atoms with van der Waals surface area (Å²) in [6.45, 7) is 4.11. The van der Waals surface area contributed by atoms with Gasteiger partial charge in [0.25, 0.3) is 0 Å². The normalized spacial score (nSPS) is 32.6. The van der Waals surface area contributed by atoms with Crippen LogP contribution in [0.1, 0.15) is 31.4 Å². The number of rotatable bonds is 2. The first kappa shape index (κ1) is 12.0. The van der Waals surface area contributed by atoms with Gasteiger partial charge in [0.15, 0.2) is 0 Å². The zero-order valence-corrected chi connectivity index (χ0v) is 10.9. The zero-order chi connectivity index (χ0) is 12.7. The van der Waals surface area contributed by atoms with Gasteiger partial charge < -0.3 is 15.7 Å². The average Bonchev–Trinajstić information content (AvgIpc) is 2.92. The van der Waals surface area contributed by atoms with Crippen molar-refractivity contribution in [1.82, 2.24) is 0 Å². The fourth-order valence-electron chi connectivity index (χ4n) is 3.44. The standard InChI is InChI=1S/C15H22N2O/c1-10(16)11-2-5-13(6-3-11)17-8-12-4-7-15(18)14(12)9-17/h2-3,5-6,10,12,14-15,18H,4,7-9,16H2,1H3. The molecule has 1 saturated heterocycles. The second-order valence-electron chi connectivity index (χ2n) is 5.85. The first-order chi connectivity index (χ1) is 8.65. The lowest BCUT2D eigenvalue weighted by Gasteiger charge is -2.21. The maximum Gasteiger partial charge on any atom is 0.0588 e. The topological polar surface area (TPSA) is 49.5 Å². The van der Waals surface area contributed by atoms with E-state index in [1.165, 1.54) is 17.7 Å². The Hall–Kier alpha value is -1.06. The van der Waals surface area contributed by atoms with Crippen LogP contribution in [0.25, 0.3) is 0 Å². The van der Waals surface area contributed by atoms with Crippen LogP contribution >= 0.6 is 0 Å². The number of hydrogen-bond acceptors (Lipinski definition) is 3. The molecule has 98 valence electrons. The summed E-state index contributed by atoms with van der Waals surface area (Å²) in [5.74, 6) is 1.17.